The molecule has 1 aromatic rings. The minimum absolute atomic E-state index is 0. The molecular weight excluding hydrogens is 358 g/mol. The second-order valence-electron chi connectivity index (χ2n) is 4.69. The van der Waals surface area contributed by atoms with Crippen LogP contribution in [0.5, 0.6) is 0 Å². The molecular formula is C13H25Br2N3. The molecule has 3 nitrogen and oxygen atoms in total. The predicted octanol–water partition coefficient (Wildman–Crippen LogP) is 3.23. The first-order valence-corrected chi connectivity index (χ1v) is 5.99. The maximum Gasteiger partial charge on any atom is 0.0545 e. The molecule has 0 atom stereocenters. The van der Waals surface area contributed by atoms with Crippen molar-refractivity contribution in [2.75, 3.05) is 0 Å². The van der Waals surface area contributed by atoms with Gasteiger partial charge in [0, 0.05) is 25.2 Å². The van der Waals surface area contributed by atoms with Gasteiger partial charge in [-0.15, -0.1) is 34.0 Å². The molecule has 2 N–H and O–H groups in total. The summed E-state index contributed by atoms with van der Waals surface area (Å²) in [4.78, 5) is 4.59. The lowest BCUT2D eigenvalue weighted by molar-refractivity contribution is 0.567. The fraction of sp³-hybridized carbons (Fsp3) is 0.615. The van der Waals surface area contributed by atoms with Crippen LogP contribution in [0.1, 0.15) is 39.1 Å². The summed E-state index contributed by atoms with van der Waals surface area (Å²) in [6.45, 7) is 10.3. The predicted molar refractivity (Wildman–Crippen MR) is 88.8 cm³/mol. The summed E-state index contributed by atoms with van der Waals surface area (Å²) in [7, 11) is 0. The molecule has 0 aromatic carbocycles. The van der Waals surface area contributed by atoms with Gasteiger partial charge in [0.15, 0.2) is 0 Å². The summed E-state index contributed by atoms with van der Waals surface area (Å²) in [5.74, 6) is 0. The third-order valence-corrected chi connectivity index (χ3v) is 2.25. The van der Waals surface area contributed by atoms with Gasteiger partial charge in [-0.1, -0.05) is 33.8 Å². The molecule has 0 saturated carbocycles. The van der Waals surface area contributed by atoms with Crippen LogP contribution in [-0.2, 0) is 13.1 Å². The van der Waals surface area contributed by atoms with E-state index in [1.165, 1.54) is 0 Å². The number of pyridine rings is 1. The molecule has 18 heavy (non-hydrogen) atoms. The first-order chi connectivity index (χ1) is 7.58. The summed E-state index contributed by atoms with van der Waals surface area (Å²) < 4.78 is 0. The highest BCUT2D eigenvalue weighted by atomic mass is 79.9. The van der Waals surface area contributed by atoms with Gasteiger partial charge in [-0.3, -0.25) is 4.98 Å². The molecule has 106 valence electrons. The van der Waals surface area contributed by atoms with E-state index in [1.807, 2.05) is 0 Å². The monoisotopic (exact) mass is 381 g/mol. The standard InChI is InChI=1S/C13H23N3.2BrH/c1-10(2)14-8-12-6-5-7-13(16-12)9-15-11(3)4;;/h5-7,10-11,14-15H,8-9H2,1-4H3;2*1H. The van der Waals surface area contributed by atoms with Crippen molar-refractivity contribution in [3.05, 3.63) is 29.6 Å². The number of aromatic nitrogens is 1. The fourth-order valence-corrected chi connectivity index (χ4v) is 1.34. The lowest BCUT2D eigenvalue weighted by atomic mass is 10.2. The molecule has 1 heterocycles. The molecule has 0 aliphatic rings. The van der Waals surface area contributed by atoms with E-state index in [2.05, 4.69) is 61.5 Å². The van der Waals surface area contributed by atoms with Gasteiger partial charge in [0.1, 0.15) is 0 Å². The Balaban J connectivity index is 0. The van der Waals surface area contributed by atoms with Crippen LogP contribution in [0.25, 0.3) is 0 Å². The zero-order chi connectivity index (χ0) is 12.0. The zero-order valence-electron chi connectivity index (χ0n) is 11.6. The van der Waals surface area contributed by atoms with Crippen LogP contribution < -0.4 is 10.6 Å². The Labute approximate surface area is 132 Å². The minimum atomic E-state index is 0. The van der Waals surface area contributed by atoms with Crippen LogP contribution in [0.15, 0.2) is 18.2 Å². The Morgan fingerprint density at radius 1 is 0.889 bits per heavy atom. The summed E-state index contributed by atoms with van der Waals surface area (Å²) >= 11 is 0. The third kappa shape index (κ3) is 9.03. The molecule has 0 aliphatic heterocycles. The minimum Gasteiger partial charge on any atom is -0.309 e. The Bertz CT molecular complexity index is 290. The second-order valence-corrected chi connectivity index (χ2v) is 4.69. The molecule has 0 saturated heterocycles. The van der Waals surface area contributed by atoms with E-state index in [9.17, 15) is 0 Å². The normalized spacial score (nSPS) is 10.1. The van der Waals surface area contributed by atoms with E-state index in [4.69, 9.17) is 0 Å². The Morgan fingerprint density at radius 3 is 1.61 bits per heavy atom. The van der Waals surface area contributed by atoms with Gasteiger partial charge in [-0.05, 0) is 12.1 Å². The molecule has 0 radical (unpaired) electrons. The lowest BCUT2D eigenvalue weighted by Gasteiger charge is -2.10. The molecule has 0 unspecified atom stereocenters. The van der Waals surface area contributed by atoms with Crippen molar-refractivity contribution >= 4 is 34.0 Å². The SMILES string of the molecule is Br.Br.CC(C)NCc1cccc(CNC(C)C)n1. The van der Waals surface area contributed by atoms with Crippen LogP contribution in [0.2, 0.25) is 0 Å². The summed E-state index contributed by atoms with van der Waals surface area (Å²) in [5.41, 5.74) is 2.22. The van der Waals surface area contributed by atoms with Crippen molar-refractivity contribution in [2.24, 2.45) is 0 Å². The summed E-state index contributed by atoms with van der Waals surface area (Å²) in [5, 5.41) is 6.74. The summed E-state index contributed by atoms with van der Waals surface area (Å²) in [6, 6.07) is 7.20. The molecule has 0 bridgehead atoms. The number of halogens is 2. The van der Waals surface area contributed by atoms with E-state index >= 15 is 0 Å². The highest BCUT2D eigenvalue weighted by Gasteiger charge is 2.00. The molecule has 0 amide bonds. The quantitative estimate of drug-likeness (QED) is 0.792. The van der Waals surface area contributed by atoms with Crippen LogP contribution in [0, 0.1) is 0 Å². The lowest BCUT2D eigenvalue weighted by Crippen LogP contribution is -2.24. The van der Waals surface area contributed by atoms with Gasteiger partial charge in [0.2, 0.25) is 0 Å². The largest absolute Gasteiger partial charge is 0.309 e. The number of hydrogen-bond donors (Lipinski definition) is 2. The van der Waals surface area contributed by atoms with Crippen LogP contribution in [0.4, 0.5) is 0 Å². The zero-order valence-corrected chi connectivity index (χ0v) is 15.0. The molecule has 1 rings (SSSR count). The summed E-state index contributed by atoms with van der Waals surface area (Å²) in [6.07, 6.45) is 0. The maximum atomic E-state index is 4.59. The van der Waals surface area contributed by atoms with Crippen LogP contribution in [0.3, 0.4) is 0 Å². The van der Waals surface area contributed by atoms with E-state index in [1.54, 1.807) is 0 Å². The van der Waals surface area contributed by atoms with Crippen molar-refractivity contribution in [2.45, 2.75) is 52.9 Å². The van der Waals surface area contributed by atoms with Crippen molar-refractivity contribution in [3.8, 4) is 0 Å². The van der Waals surface area contributed by atoms with E-state index in [0.717, 1.165) is 24.5 Å². The molecule has 0 aliphatic carbocycles. The van der Waals surface area contributed by atoms with Gasteiger partial charge < -0.3 is 10.6 Å². The molecule has 1 aromatic heterocycles. The van der Waals surface area contributed by atoms with Gasteiger partial charge in [0.25, 0.3) is 0 Å². The first-order valence-electron chi connectivity index (χ1n) is 5.99. The van der Waals surface area contributed by atoms with Crippen LogP contribution >= 0.6 is 34.0 Å². The van der Waals surface area contributed by atoms with Crippen molar-refractivity contribution in [1.82, 2.24) is 15.6 Å². The van der Waals surface area contributed by atoms with E-state index in [-0.39, 0.29) is 34.0 Å². The van der Waals surface area contributed by atoms with Gasteiger partial charge in [0.05, 0.1) is 11.4 Å². The topological polar surface area (TPSA) is 37.0 Å². The number of nitrogens with one attached hydrogen (secondary N) is 2. The number of rotatable bonds is 6. The Kier molecular flexibility index (Phi) is 12.3. The number of nitrogens with zero attached hydrogens (tertiary/aromatic N) is 1. The van der Waals surface area contributed by atoms with Crippen LogP contribution in [-0.4, -0.2) is 17.1 Å². The Hall–Kier alpha value is 0.0300. The first kappa shape index (κ1) is 20.3. The molecule has 5 heteroatoms. The van der Waals surface area contributed by atoms with Crippen molar-refractivity contribution in [3.63, 3.8) is 0 Å². The second kappa shape index (κ2) is 10.9. The maximum absolute atomic E-state index is 4.59. The molecule has 0 spiro atoms. The average Bonchev–Trinajstić information content (AvgIpc) is 2.24. The van der Waals surface area contributed by atoms with Gasteiger partial charge in [-0.2, -0.15) is 0 Å². The van der Waals surface area contributed by atoms with Gasteiger partial charge >= 0.3 is 0 Å². The Morgan fingerprint density at radius 2 is 1.28 bits per heavy atom. The van der Waals surface area contributed by atoms with Gasteiger partial charge in [-0.25, -0.2) is 0 Å². The van der Waals surface area contributed by atoms with E-state index < -0.39 is 0 Å². The van der Waals surface area contributed by atoms with E-state index in [0.29, 0.717) is 12.1 Å². The smallest absolute Gasteiger partial charge is 0.0545 e. The highest BCUT2D eigenvalue weighted by molar-refractivity contribution is 8.93. The highest BCUT2D eigenvalue weighted by Crippen LogP contribution is 2.00. The van der Waals surface area contributed by atoms with Crippen molar-refractivity contribution < 1.29 is 0 Å². The fourth-order valence-electron chi connectivity index (χ4n) is 1.34. The third-order valence-electron chi connectivity index (χ3n) is 2.25. The van der Waals surface area contributed by atoms with Crippen molar-refractivity contribution in [1.29, 1.82) is 0 Å². The average molecular weight is 383 g/mol. The molecule has 0 fully saturated rings. The number of hydrogen-bond acceptors (Lipinski definition) is 3.